The Morgan fingerprint density at radius 3 is 3.00 bits per heavy atom. The van der Waals surface area contributed by atoms with Crippen LogP contribution in [0.15, 0.2) is 23.8 Å². The lowest BCUT2D eigenvalue weighted by molar-refractivity contribution is -0.138. The van der Waals surface area contributed by atoms with Gasteiger partial charge in [0.15, 0.2) is 5.69 Å². The first-order valence-corrected chi connectivity index (χ1v) is 5.24. The van der Waals surface area contributed by atoms with E-state index < -0.39 is 11.8 Å². The average Bonchev–Trinajstić information content (AvgIpc) is 2.67. The van der Waals surface area contributed by atoms with Crippen LogP contribution in [-0.4, -0.2) is 12.6 Å². The minimum Gasteiger partial charge on any atom is -0.463 e. The monoisotopic (exact) mass is 231 g/mol. The molecule has 1 aliphatic carbocycles. The number of rotatable bonds is 2. The van der Waals surface area contributed by atoms with Crippen molar-refractivity contribution in [3.05, 3.63) is 46.3 Å². The zero-order valence-corrected chi connectivity index (χ0v) is 9.29. The van der Waals surface area contributed by atoms with E-state index in [0.29, 0.717) is 11.3 Å². The maximum absolute atomic E-state index is 13.9. The number of halogens is 1. The molecule has 0 aliphatic heterocycles. The molecule has 0 radical (unpaired) electrons. The summed E-state index contributed by atoms with van der Waals surface area (Å²) < 4.78 is 18.7. The van der Waals surface area contributed by atoms with Gasteiger partial charge in [-0.2, -0.15) is 0 Å². The van der Waals surface area contributed by atoms with Crippen molar-refractivity contribution in [1.82, 2.24) is 0 Å². The first-order chi connectivity index (χ1) is 8.17. The number of hydrogen-bond donors (Lipinski definition) is 0. The van der Waals surface area contributed by atoms with Crippen molar-refractivity contribution in [3.8, 4) is 0 Å². The fourth-order valence-electron chi connectivity index (χ4n) is 1.80. The fourth-order valence-corrected chi connectivity index (χ4v) is 1.80. The molecule has 0 amide bonds. The first kappa shape index (κ1) is 11.3. The number of fused-ring (bicyclic) bond motifs is 1. The molecule has 17 heavy (non-hydrogen) atoms. The highest BCUT2D eigenvalue weighted by Gasteiger charge is 2.27. The van der Waals surface area contributed by atoms with Crippen LogP contribution in [0.1, 0.15) is 18.1 Å². The van der Waals surface area contributed by atoms with E-state index in [1.165, 1.54) is 6.07 Å². The highest BCUT2D eigenvalue weighted by molar-refractivity contribution is 5.99. The minimum absolute atomic E-state index is 0.0454. The highest BCUT2D eigenvalue weighted by atomic mass is 19.1. The Hall–Kier alpha value is -2.15. The van der Waals surface area contributed by atoms with Crippen molar-refractivity contribution in [2.24, 2.45) is 0 Å². The molecule has 0 saturated heterocycles. The topological polar surface area (TPSA) is 30.7 Å². The lowest BCUT2D eigenvalue weighted by Gasteiger charge is -2.01. The second-order valence-corrected chi connectivity index (χ2v) is 3.64. The maximum Gasteiger partial charge on any atom is 0.337 e. The van der Waals surface area contributed by atoms with Crippen LogP contribution >= 0.6 is 0 Å². The van der Waals surface area contributed by atoms with E-state index in [1.807, 2.05) is 0 Å². The summed E-state index contributed by atoms with van der Waals surface area (Å²) in [5.41, 5.74) is 1.47. The molecule has 1 aliphatic rings. The van der Waals surface area contributed by atoms with E-state index in [-0.39, 0.29) is 18.6 Å². The van der Waals surface area contributed by atoms with Gasteiger partial charge in [0.1, 0.15) is 5.83 Å². The predicted octanol–water partition coefficient (Wildman–Crippen LogP) is 3.04. The van der Waals surface area contributed by atoms with E-state index in [9.17, 15) is 9.18 Å². The van der Waals surface area contributed by atoms with Crippen molar-refractivity contribution >= 4 is 17.5 Å². The number of esters is 1. The number of carbonyl (C=O) groups is 1. The lowest BCUT2D eigenvalue weighted by Crippen LogP contribution is -2.08. The highest BCUT2D eigenvalue weighted by Crippen LogP contribution is 2.36. The molecular weight excluding hydrogens is 221 g/mol. The summed E-state index contributed by atoms with van der Waals surface area (Å²) in [6, 6.07) is 4.76. The third kappa shape index (κ3) is 1.92. The van der Waals surface area contributed by atoms with E-state index >= 15 is 0 Å². The van der Waals surface area contributed by atoms with Crippen LogP contribution < -0.4 is 0 Å². The number of nitrogens with zero attached hydrogens (tertiary/aromatic N) is 1. The molecule has 0 saturated carbocycles. The summed E-state index contributed by atoms with van der Waals surface area (Å²) in [5.74, 6) is -1.19. The number of benzene rings is 1. The van der Waals surface area contributed by atoms with Gasteiger partial charge in [0, 0.05) is 12.0 Å². The molecule has 0 fully saturated rings. The first-order valence-electron chi connectivity index (χ1n) is 5.24. The Labute approximate surface area is 98.3 Å². The Morgan fingerprint density at radius 2 is 2.35 bits per heavy atom. The Balaban J connectivity index is 2.40. The fraction of sp³-hybridized carbons (Fsp3) is 0.231. The molecule has 0 N–H and O–H groups in total. The van der Waals surface area contributed by atoms with E-state index in [4.69, 9.17) is 11.3 Å². The van der Waals surface area contributed by atoms with Gasteiger partial charge in [0.2, 0.25) is 0 Å². The summed E-state index contributed by atoms with van der Waals surface area (Å²) in [4.78, 5) is 14.7. The molecule has 2 rings (SSSR count). The summed E-state index contributed by atoms with van der Waals surface area (Å²) in [6.45, 7) is 8.77. The van der Waals surface area contributed by atoms with Crippen LogP contribution in [0.3, 0.4) is 0 Å². The van der Waals surface area contributed by atoms with E-state index in [2.05, 4.69) is 4.85 Å². The van der Waals surface area contributed by atoms with Crippen molar-refractivity contribution < 1.29 is 13.9 Å². The second-order valence-electron chi connectivity index (χ2n) is 3.64. The lowest BCUT2D eigenvalue weighted by atomic mass is 10.1. The third-order valence-electron chi connectivity index (χ3n) is 2.61. The zero-order valence-electron chi connectivity index (χ0n) is 9.29. The van der Waals surface area contributed by atoms with Crippen molar-refractivity contribution in [2.45, 2.75) is 13.3 Å². The largest absolute Gasteiger partial charge is 0.463 e. The molecule has 0 heterocycles. The summed E-state index contributed by atoms with van der Waals surface area (Å²) >= 11 is 0. The molecule has 4 heteroatoms. The molecule has 0 atom stereocenters. The normalized spacial score (nSPS) is 13.2. The molecule has 0 spiro atoms. The quantitative estimate of drug-likeness (QED) is 0.578. The van der Waals surface area contributed by atoms with Crippen LogP contribution in [0, 0.1) is 6.57 Å². The molecule has 1 aromatic rings. The van der Waals surface area contributed by atoms with Gasteiger partial charge in [0.25, 0.3) is 0 Å². The van der Waals surface area contributed by atoms with Gasteiger partial charge in [-0.05, 0) is 18.6 Å². The Kier molecular flexibility index (Phi) is 2.92. The summed E-state index contributed by atoms with van der Waals surface area (Å²) in [5, 5.41) is 0. The standard InChI is InChI=1S/C13H10FNO2/c1-3-17-13(16)11-6-8-4-5-9(15-2)7-10(8)12(11)14/h4-5,7H,3,6H2,1H3. The molecule has 0 aromatic heterocycles. The van der Waals surface area contributed by atoms with Crippen LogP contribution in [0.25, 0.3) is 10.7 Å². The average molecular weight is 231 g/mol. The number of hydrogen-bond acceptors (Lipinski definition) is 2. The van der Waals surface area contributed by atoms with E-state index in [0.717, 1.165) is 5.56 Å². The van der Waals surface area contributed by atoms with Gasteiger partial charge >= 0.3 is 5.97 Å². The second kappa shape index (κ2) is 4.38. The van der Waals surface area contributed by atoms with Crippen LogP contribution in [0.2, 0.25) is 0 Å². The minimum atomic E-state index is -0.620. The van der Waals surface area contributed by atoms with Crippen LogP contribution in [0.5, 0.6) is 0 Å². The van der Waals surface area contributed by atoms with Gasteiger partial charge in [-0.3, -0.25) is 0 Å². The van der Waals surface area contributed by atoms with Crippen molar-refractivity contribution in [3.63, 3.8) is 0 Å². The Bertz CT molecular complexity index is 555. The van der Waals surface area contributed by atoms with Gasteiger partial charge in [-0.15, -0.1) is 0 Å². The van der Waals surface area contributed by atoms with Crippen LogP contribution in [0.4, 0.5) is 10.1 Å². The van der Waals surface area contributed by atoms with Crippen LogP contribution in [-0.2, 0) is 16.0 Å². The van der Waals surface area contributed by atoms with Gasteiger partial charge in [-0.1, -0.05) is 12.1 Å². The molecule has 0 unspecified atom stereocenters. The van der Waals surface area contributed by atoms with Crippen molar-refractivity contribution in [1.29, 1.82) is 0 Å². The molecule has 0 bridgehead atoms. The molecular formula is C13H10FNO2. The van der Waals surface area contributed by atoms with Crippen molar-refractivity contribution in [2.75, 3.05) is 6.61 Å². The molecule has 86 valence electrons. The molecule has 1 aromatic carbocycles. The molecule has 3 nitrogen and oxygen atoms in total. The smallest absolute Gasteiger partial charge is 0.337 e. The SMILES string of the molecule is [C-]#[N+]c1ccc2c(c1)C(F)=C(C(=O)OCC)C2. The summed E-state index contributed by atoms with van der Waals surface area (Å²) in [6.07, 6.45) is 0.234. The van der Waals surface area contributed by atoms with Gasteiger partial charge in [0.05, 0.1) is 18.8 Å². The van der Waals surface area contributed by atoms with Gasteiger partial charge in [-0.25, -0.2) is 14.0 Å². The zero-order chi connectivity index (χ0) is 12.4. The number of ether oxygens (including phenoxy) is 1. The Morgan fingerprint density at radius 1 is 1.59 bits per heavy atom. The predicted molar refractivity (Wildman–Crippen MR) is 61.1 cm³/mol. The van der Waals surface area contributed by atoms with Gasteiger partial charge < -0.3 is 4.74 Å². The van der Waals surface area contributed by atoms with E-state index in [1.54, 1.807) is 19.1 Å². The number of carbonyl (C=O) groups excluding carboxylic acids is 1. The maximum atomic E-state index is 13.9. The third-order valence-corrected chi connectivity index (χ3v) is 2.61. The summed E-state index contributed by atoms with van der Waals surface area (Å²) in [7, 11) is 0.